The summed E-state index contributed by atoms with van der Waals surface area (Å²) in [6.07, 6.45) is -0.321. The van der Waals surface area contributed by atoms with E-state index in [9.17, 15) is 9.59 Å². The maximum absolute atomic E-state index is 12.5. The lowest BCUT2D eigenvalue weighted by Crippen LogP contribution is -2.62. The van der Waals surface area contributed by atoms with Crippen LogP contribution in [0.5, 0.6) is 5.88 Å². The van der Waals surface area contributed by atoms with Gasteiger partial charge in [0.05, 0.1) is 19.8 Å². The van der Waals surface area contributed by atoms with E-state index >= 15 is 0 Å². The standard InChI is InChI=1S/C19H29N3O5/c1-18(2,3)27-17(24)22-11-10-21(12-19(22,4)5)14-9-8-13(16(23)26-7)15(20-14)25-6/h8-9H,10-12H2,1-7H3. The van der Waals surface area contributed by atoms with E-state index < -0.39 is 17.1 Å². The van der Waals surface area contributed by atoms with Gasteiger partial charge in [0.2, 0.25) is 5.88 Å². The summed E-state index contributed by atoms with van der Waals surface area (Å²) in [5.74, 6) is 0.393. The Kier molecular flexibility index (Phi) is 5.87. The lowest BCUT2D eigenvalue weighted by atomic mass is 9.99. The zero-order chi connectivity index (χ0) is 20.4. The van der Waals surface area contributed by atoms with Crippen LogP contribution in [0.1, 0.15) is 45.0 Å². The fourth-order valence-corrected chi connectivity index (χ4v) is 3.03. The average Bonchev–Trinajstić information content (AvgIpc) is 2.57. The van der Waals surface area contributed by atoms with E-state index in [0.717, 1.165) is 0 Å². The molecule has 2 heterocycles. The van der Waals surface area contributed by atoms with Gasteiger partial charge in [0.15, 0.2) is 0 Å². The van der Waals surface area contributed by atoms with E-state index in [4.69, 9.17) is 14.2 Å². The van der Waals surface area contributed by atoms with Crippen LogP contribution in [0.4, 0.5) is 10.6 Å². The molecular weight excluding hydrogens is 350 g/mol. The van der Waals surface area contributed by atoms with Gasteiger partial charge in [-0.15, -0.1) is 0 Å². The molecule has 0 spiro atoms. The third-order valence-corrected chi connectivity index (χ3v) is 4.28. The number of rotatable bonds is 3. The molecule has 1 amide bonds. The molecule has 1 aliphatic heterocycles. The lowest BCUT2D eigenvalue weighted by Gasteiger charge is -2.47. The molecule has 0 radical (unpaired) electrons. The van der Waals surface area contributed by atoms with Crippen LogP contribution in [0.3, 0.4) is 0 Å². The van der Waals surface area contributed by atoms with Crippen LogP contribution in [0, 0.1) is 0 Å². The number of amides is 1. The number of hydrogen-bond acceptors (Lipinski definition) is 7. The van der Waals surface area contributed by atoms with Crippen LogP contribution in [0.25, 0.3) is 0 Å². The number of anilines is 1. The van der Waals surface area contributed by atoms with Gasteiger partial charge >= 0.3 is 12.1 Å². The number of ether oxygens (including phenoxy) is 3. The van der Waals surface area contributed by atoms with Gasteiger partial charge in [-0.25, -0.2) is 9.59 Å². The van der Waals surface area contributed by atoms with Crippen LogP contribution < -0.4 is 9.64 Å². The van der Waals surface area contributed by atoms with Gasteiger partial charge in [0.1, 0.15) is 17.0 Å². The summed E-state index contributed by atoms with van der Waals surface area (Å²) in [4.78, 5) is 32.6. The van der Waals surface area contributed by atoms with Crippen LogP contribution in [-0.4, -0.2) is 66.9 Å². The molecule has 0 atom stereocenters. The molecule has 27 heavy (non-hydrogen) atoms. The second-order valence-corrected chi connectivity index (χ2v) is 8.08. The van der Waals surface area contributed by atoms with Crippen molar-refractivity contribution in [2.75, 3.05) is 38.8 Å². The van der Waals surface area contributed by atoms with Gasteiger partial charge in [-0.3, -0.25) is 4.90 Å². The molecule has 0 aliphatic carbocycles. The molecule has 0 N–H and O–H groups in total. The van der Waals surface area contributed by atoms with Gasteiger partial charge in [0, 0.05) is 19.6 Å². The first-order valence-corrected chi connectivity index (χ1v) is 8.87. The number of esters is 1. The predicted molar refractivity (Wildman–Crippen MR) is 101 cm³/mol. The Morgan fingerprint density at radius 2 is 1.81 bits per heavy atom. The summed E-state index contributed by atoms with van der Waals surface area (Å²) in [5, 5.41) is 0. The Morgan fingerprint density at radius 1 is 1.15 bits per heavy atom. The molecular formula is C19H29N3O5. The highest BCUT2D eigenvalue weighted by molar-refractivity contribution is 5.92. The zero-order valence-corrected chi connectivity index (χ0v) is 17.2. The summed E-state index contributed by atoms with van der Waals surface area (Å²) >= 11 is 0. The molecule has 8 heteroatoms. The second-order valence-electron chi connectivity index (χ2n) is 8.08. The van der Waals surface area contributed by atoms with Crippen molar-refractivity contribution in [2.45, 2.75) is 45.8 Å². The Hall–Kier alpha value is -2.51. The first kappa shape index (κ1) is 20.8. The van der Waals surface area contributed by atoms with Crippen molar-refractivity contribution in [2.24, 2.45) is 0 Å². The minimum atomic E-state index is -0.539. The molecule has 1 aliphatic rings. The number of carbonyl (C=O) groups is 2. The molecule has 1 fully saturated rings. The summed E-state index contributed by atoms with van der Waals surface area (Å²) in [7, 11) is 2.77. The number of nitrogens with zero attached hydrogens (tertiary/aromatic N) is 3. The van der Waals surface area contributed by atoms with Crippen molar-refractivity contribution in [3.05, 3.63) is 17.7 Å². The van der Waals surface area contributed by atoms with Crippen molar-refractivity contribution in [3.63, 3.8) is 0 Å². The van der Waals surface area contributed by atoms with Gasteiger partial charge in [-0.05, 0) is 46.8 Å². The molecule has 150 valence electrons. The Bertz CT molecular complexity index is 712. The molecule has 8 nitrogen and oxygen atoms in total. The number of aromatic nitrogens is 1. The van der Waals surface area contributed by atoms with Gasteiger partial charge in [-0.1, -0.05) is 0 Å². The molecule has 0 bridgehead atoms. The van der Waals surface area contributed by atoms with E-state index in [0.29, 0.717) is 25.5 Å². The van der Waals surface area contributed by atoms with Crippen molar-refractivity contribution >= 4 is 17.9 Å². The average molecular weight is 379 g/mol. The number of piperazine rings is 1. The van der Waals surface area contributed by atoms with Gasteiger partial charge < -0.3 is 19.1 Å². The van der Waals surface area contributed by atoms with Gasteiger partial charge in [0.25, 0.3) is 0 Å². The molecule has 1 aromatic rings. The van der Waals surface area contributed by atoms with Crippen LogP contribution >= 0.6 is 0 Å². The highest BCUT2D eigenvalue weighted by atomic mass is 16.6. The predicted octanol–water partition coefficient (Wildman–Crippen LogP) is 2.71. The molecule has 1 aromatic heterocycles. The number of hydrogen-bond donors (Lipinski definition) is 0. The van der Waals surface area contributed by atoms with Crippen molar-refractivity contribution in [1.29, 1.82) is 0 Å². The van der Waals surface area contributed by atoms with Crippen LogP contribution in [0.15, 0.2) is 12.1 Å². The molecule has 0 saturated carbocycles. The fourth-order valence-electron chi connectivity index (χ4n) is 3.03. The molecule has 1 saturated heterocycles. The van der Waals surface area contributed by atoms with Crippen LogP contribution in [0.2, 0.25) is 0 Å². The second kappa shape index (κ2) is 7.62. The van der Waals surface area contributed by atoms with Crippen molar-refractivity contribution < 1.29 is 23.8 Å². The minimum absolute atomic E-state index is 0.215. The molecule has 0 aromatic carbocycles. The first-order valence-electron chi connectivity index (χ1n) is 8.87. The summed E-state index contributed by atoms with van der Waals surface area (Å²) in [6, 6.07) is 3.40. The smallest absolute Gasteiger partial charge is 0.410 e. The van der Waals surface area contributed by atoms with Crippen molar-refractivity contribution in [3.8, 4) is 5.88 Å². The monoisotopic (exact) mass is 379 g/mol. The highest BCUT2D eigenvalue weighted by Crippen LogP contribution is 2.28. The van der Waals surface area contributed by atoms with E-state index in [1.54, 1.807) is 17.0 Å². The molecule has 2 rings (SSSR count). The fraction of sp³-hybridized carbons (Fsp3) is 0.632. The van der Waals surface area contributed by atoms with E-state index in [1.807, 2.05) is 34.6 Å². The topological polar surface area (TPSA) is 81.2 Å². The Morgan fingerprint density at radius 3 is 2.33 bits per heavy atom. The van der Waals surface area contributed by atoms with E-state index in [1.165, 1.54) is 14.2 Å². The summed E-state index contributed by atoms with van der Waals surface area (Å²) < 4.78 is 15.5. The zero-order valence-electron chi connectivity index (χ0n) is 17.2. The summed E-state index contributed by atoms with van der Waals surface area (Å²) in [5.41, 5.74) is -0.713. The van der Waals surface area contributed by atoms with Gasteiger partial charge in [-0.2, -0.15) is 4.98 Å². The lowest BCUT2D eigenvalue weighted by molar-refractivity contribution is 0.000274. The molecule has 0 unspecified atom stereocenters. The number of methoxy groups -OCH3 is 2. The Balaban J connectivity index is 2.19. The maximum atomic E-state index is 12.5. The number of carbonyl (C=O) groups excluding carboxylic acids is 2. The van der Waals surface area contributed by atoms with E-state index in [-0.39, 0.29) is 17.5 Å². The van der Waals surface area contributed by atoms with Crippen molar-refractivity contribution in [1.82, 2.24) is 9.88 Å². The third kappa shape index (κ3) is 4.81. The third-order valence-electron chi connectivity index (χ3n) is 4.28. The maximum Gasteiger partial charge on any atom is 0.410 e. The quantitative estimate of drug-likeness (QED) is 0.747. The summed E-state index contributed by atoms with van der Waals surface area (Å²) in [6.45, 7) is 11.2. The minimum Gasteiger partial charge on any atom is -0.480 e. The van der Waals surface area contributed by atoms with E-state index in [2.05, 4.69) is 9.88 Å². The highest BCUT2D eigenvalue weighted by Gasteiger charge is 2.39. The van der Waals surface area contributed by atoms with Crippen LogP contribution in [-0.2, 0) is 9.47 Å². The normalized spacial score (nSPS) is 16.7. The first-order chi connectivity index (χ1) is 12.5. The number of pyridine rings is 1. The SMILES string of the molecule is COC(=O)c1ccc(N2CCN(C(=O)OC(C)(C)C)C(C)(C)C2)nc1OC. The Labute approximate surface area is 160 Å². The largest absolute Gasteiger partial charge is 0.480 e.